The van der Waals surface area contributed by atoms with Crippen molar-refractivity contribution < 1.29 is 9.53 Å². The van der Waals surface area contributed by atoms with Crippen LogP contribution in [0.5, 0.6) is 5.75 Å². The van der Waals surface area contributed by atoms with E-state index >= 15 is 0 Å². The average Bonchev–Trinajstić information content (AvgIpc) is 3.20. The van der Waals surface area contributed by atoms with Crippen molar-refractivity contribution in [2.24, 2.45) is 0 Å². The third-order valence-corrected chi connectivity index (χ3v) is 4.75. The lowest BCUT2D eigenvalue weighted by atomic mass is 10.3. The van der Waals surface area contributed by atoms with Gasteiger partial charge in [-0.2, -0.15) is 11.3 Å². The Morgan fingerprint density at radius 3 is 2.77 bits per heavy atom. The monoisotopic (exact) mass is 355 g/mol. The molecule has 1 aliphatic rings. The van der Waals surface area contributed by atoms with Crippen molar-refractivity contribution in [2.45, 2.75) is 25.4 Å². The Labute approximate surface area is 143 Å². The first-order valence-electron chi connectivity index (χ1n) is 7.02. The van der Waals surface area contributed by atoms with Crippen LogP contribution in [0, 0.1) is 0 Å². The van der Waals surface area contributed by atoms with Crippen molar-refractivity contribution in [1.82, 2.24) is 4.90 Å². The SMILES string of the molecule is O=C(COc1ccc(Cl)cc1Cl)N(Cc1ccsc1)C1CC1. The van der Waals surface area contributed by atoms with Crippen LogP contribution < -0.4 is 4.74 Å². The lowest BCUT2D eigenvalue weighted by molar-refractivity contribution is -0.134. The maximum atomic E-state index is 12.4. The minimum atomic E-state index is -0.0142. The summed E-state index contributed by atoms with van der Waals surface area (Å²) in [5.74, 6) is 0.463. The summed E-state index contributed by atoms with van der Waals surface area (Å²) < 4.78 is 5.55. The third kappa shape index (κ3) is 3.94. The van der Waals surface area contributed by atoms with Crippen molar-refractivity contribution in [2.75, 3.05) is 6.61 Å². The van der Waals surface area contributed by atoms with Crippen LogP contribution in [0.4, 0.5) is 0 Å². The largest absolute Gasteiger partial charge is 0.482 e. The molecule has 1 aromatic heterocycles. The minimum Gasteiger partial charge on any atom is -0.482 e. The highest BCUT2D eigenvalue weighted by Gasteiger charge is 2.32. The van der Waals surface area contributed by atoms with Crippen LogP contribution in [-0.2, 0) is 11.3 Å². The fourth-order valence-electron chi connectivity index (χ4n) is 2.20. The van der Waals surface area contributed by atoms with E-state index in [-0.39, 0.29) is 12.5 Å². The van der Waals surface area contributed by atoms with E-state index in [1.165, 1.54) is 0 Å². The Morgan fingerprint density at radius 1 is 1.32 bits per heavy atom. The van der Waals surface area contributed by atoms with E-state index in [1.807, 2.05) is 16.3 Å². The van der Waals surface area contributed by atoms with E-state index in [0.29, 0.717) is 28.4 Å². The number of rotatable bonds is 6. The number of carbonyl (C=O) groups excluding carboxylic acids is 1. The summed E-state index contributed by atoms with van der Waals surface area (Å²) in [6.45, 7) is 0.632. The molecule has 0 radical (unpaired) electrons. The number of nitrogens with zero attached hydrogens (tertiary/aromatic N) is 1. The van der Waals surface area contributed by atoms with Gasteiger partial charge in [-0.05, 0) is 53.4 Å². The zero-order valence-corrected chi connectivity index (χ0v) is 14.1. The fraction of sp³-hybridized carbons (Fsp3) is 0.312. The van der Waals surface area contributed by atoms with Gasteiger partial charge in [0.1, 0.15) is 5.75 Å². The molecule has 1 aliphatic carbocycles. The second-order valence-electron chi connectivity index (χ2n) is 5.25. The van der Waals surface area contributed by atoms with Gasteiger partial charge in [-0.15, -0.1) is 0 Å². The molecule has 0 N–H and O–H groups in total. The normalized spacial score (nSPS) is 13.9. The van der Waals surface area contributed by atoms with Crippen LogP contribution in [0.3, 0.4) is 0 Å². The number of ether oxygens (including phenoxy) is 1. The highest BCUT2D eigenvalue weighted by atomic mass is 35.5. The number of amides is 1. The van der Waals surface area contributed by atoms with Gasteiger partial charge in [0, 0.05) is 17.6 Å². The van der Waals surface area contributed by atoms with Crippen LogP contribution >= 0.6 is 34.5 Å². The van der Waals surface area contributed by atoms with Crippen molar-refractivity contribution >= 4 is 40.4 Å². The zero-order valence-electron chi connectivity index (χ0n) is 11.8. The average molecular weight is 356 g/mol. The van der Waals surface area contributed by atoms with Crippen LogP contribution in [0.1, 0.15) is 18.4 Å². The molecule has 1 heterocycles. The molecule has 116 valence electrons. The maximum Gasteiger partial charge on any atom is 0.261 e. The molecular weight excluding hydrogens is 341 g/mol. The number of halogens is 2. The predicted molar refractivity (Wildman–Crippen MR) is 89.8 cm³/mol. The van der Waals surface area contributed by atoms with Gasteiger partial charge in [0.2, 0.25) is 0 Å². The van der Waals surface area contributed by atoms with Gasteiger partial charge < -0.3 is 9.64 Å². The molecule has 0 atom stereocenters. The lowest BCUT2D eigenvalue weighted by Crippen LogP contribution is -2.36. The number of thiophene rings is 1. The topological polar surface area (TPSA) is 29.5 Å². The number of hydrogen-bond donors (Lipinski definition) is 0. The highest BCUT2D eigenvalue weighted by molar-refractivity contribution is 7.07. The Balaban J connectivity index is 1.61. The first kappa shape index (κ1) is 15.7. The molecule has 3 nitrogen and oxygen atoms in total. The second-order valence-corrected chi connectivity index (χ2v) is 6.87. The predicted octanol–water partition coefficient (Wildman–Crippen LogP) is 4.62. The molecule has 1 saturated carbocycles. The summed E-state index contributed by atoms with van der Waals surface area (Å²) in [6, 6.07) is 7.36. The maximum absolute atomic E-state index is 12.4. The molecule has 0 saturated heterocycles. The van der Waals surface area contributed by atoms with Crippen molar-refractivity contribution in [3.05, 3.63) is 50.6 Å². The number of hydrogen-bond acceptors (Lipinski definition) is 3. The lowest BCUT2D eigenvalue weighted by Gasteiger charge is -2.22. The summed E-state index contributed by atoms with van der Waals surface area (Å²) in [5, 5.41) is 5.05. The van der Waals surface area contributed by atoms with E-state index in [2.05, 4.69) is 5.38 Å². The molecule has 1 fully saturated rings. The highest BCUT2D eigenvalue weighted by Crippen LogP contribution is 2.30. The zero-order chi connectivity index (χ0) is 15.5. The van der Waals surface area contributed by atoms with E-state index in [4.69, 9.17) is 27.9 Å². The summed E-state index contributed by atoms with van der Waals surface area (Å²) >= 11 is 13.5. The number of benzene rings is 1. The molecule has 0 bridgehead atoms. The first-order valence-corrected chi connectivity index (χ1v) is 8.72. The smallest absolute Gasteiger partial charge is 0.261 e. The standard InChI is InChI=1S/C16H15Cl2NO2S/c17-12-1-4-15(14(18)7-12)21-9-16(20)19(13-2-3-13)8-11-5-6-22-10-11/h1,4-7,10,13H,2-3,8-9H2. The summed E-state index contributed by atoms with van der Waals surface area (Å²) in [5.41, 5.74) is 1.16. The molecule has 3 rings (SSSR count). The molecule has 0 unspecified atom stereocenters. The van der Waals surface area contributed by atoms with Gasteiger partial charge in [0.25, 0.3) is 5.91 Å². The van der Waals surface area contributed by atoms with Gasteiger partial charge >= 0.3 is 0 Å². The van der Waals surface area contributed by atoms with Gasteiger partial charge in [-0.25, -0.2) is 0 Å². The van der Waals surface area contributed by atoms with Crippen LogP contribution in [-0.4, -0.2) is 23.5 Å². The Hall–Kier alpha value is -1.23. The Morgan fingerprint density at radius 2 is 2.14 bits per heavy atom. The fourth-order valence-corrected chi connectivity index (χ4v) is 3.32. The van der Waals surface area contributed by atoms with Crippen LogP contribution in [0.2, 0.25) is 10.0 Å². The molecule has 0 spiro atoms. The summed E-state index contributed by atoms with van der Waals surface area (Å²) in [6.07, 6.45) is 2.13. The molecule has 2 aromatic rings. The molecule has 1 aromatic carbocycles. The van der Waals surface area contributed by atoms with Gasteiger partial charge in [0.15, 0.2) is 6.61 Å². The van der Waals surface area contributed by atoms with Crippen LogP contribution in [0.25, 0.3) is 0 Å². The van der Waals surface area contributed by atoms with Crippen LogP contribution in [0.15, 0.2) is 35.0 Å². The van der Waals surface area contributed by atoms with E-state index < -0.39 is 0 Å². The Bertz CT molecular complexity index is 656. The summed E-state index contributed by atoms with van der Waals surface area (Å²) in [4.78, 5) is 14.3. The third-order valence-electron chi connectivity index (χ3n) is 3.49. The molecule has 1 amide bonds. The quantitative estimate of drug-likeness (QED) is 0.756. The molecular formula is C16H15Cl2NO2S. The summed E-state index contributed by atoms with van der Waals surface area (Å²) in [7, 11) is 0. The minimum absolute atomic E-state index is 0.0119. The molecule has 6 heteroatoms. The van der Waals surface area contributed by atoms with Gasteiger partial charge in [0.05, 0.1) is 5.02 Å². The van der Waals surface area contributed by atoms with Gasteiger partial charge in [-0.3, -0.25) is 4.79 Å². The number of carbonyl (C=O) groups is 1. The van der Waals surface area contributed by atoms with Crippen molar-refractivity contribution in [1.29, 1.82) is 0 Å². The second kappa shape index (κ2) is 6.90. The molecule has 22 heavy (non-hydrogen) atoms. The van der Waals surface area contributed by atoms with Crippen molar-refractivity contribution in [3.8, 4) is 5.75 Å². The van der Waals surface area contributed by atoms with E-state index in [0.717, 1.165) is 18.4 Å². The Kier molecular flexibility index (Phi) is 4.91. The molecule has 0 aliphatic heterocycles. The van der Waals surface area contributed by atoms with E-state index in [1.54, 1.807) is 29.5 Å². The van der Waals surface area contributed by atoms with Gasteiger partial charge in [-0.1, -0.05) is 23.2 Å². The van der Waals surface area contributed by atoms with Crippen molar-refractivity contribution in [3.63, 3.8) is 0 Å². The first-order chi connectivity index (χ1) is 10.6. The van der Waals surface area contributed by atoms with E-state index in [9.17, 15) is 4.79 Å².